The molecule has 2 aliphatic heterocycles. The van der Waals surface area contributed by atoms with Gasteiger partial charge in [0.25, 0.3) is 5.91 Å². The fraction of sp³-hybridized carbons (Fsp3) is 0.452. The van der Waals surface area contributed by atoms with Crippen LogP contribution in [0.4, 0.5) is 0 Å². The largest absolute Gasteiger partial charge is 0.391 e. The van der Waals surface area contributed by atoms with Gasteiger partial charge >= 0.3 is 0 Å². The van der Waals surface area contributed by atoms with Crippen LogP contribution in [-0.2, 0) is 28.7 Å². The Labute approximate surface area is 219 Å². The van der Waals surface area contributed by atoms with E-state index in [-0.39, 0.29) is 24.2 Å². The SMILES string of the molecule is CN[C@H]1[C@@H](O)C[C@H](OC2CCCc3cccc(c3)CCNC(=O)c3ccc4ccc(cc4c3)C2)O[C@@H]1C. The van der Waals surface area contributed by atoms with E-state index in [1.54, 1.807) is 0 Å². The first kappa shape index (κ1) is 25.9. The monoisotopic (exact) mass is 502 g/mol. The van der Waals surface area contributed by atoms with E-state index < -0.39 is 12.4 Å². The standard InChI is InChI=1S/C31H38N2O4/c1-20-30(32-2)28(34)19-29(36-20)37-27-8-4-7-21-5-3-6-22(15-21)13-14-33-31(35)25-12-11-24-10-9-23(17-27)16-26(24)18-25/h3,5-6,9-12,15-16,18,20,27-30,32,34H,4,7-8,13-14,17,19H2,1-2H3,(H,33,35)/t20-,27?,28+,29+,30-/m1/s1. The minimum absolute atomic E-state index is 0.0432. The van der Waals surface area contributed by atoms with Gasteiger partial charge in [-0.15, -0.1) is 0 Å². The molecule has 0 spiro atoms. The Bertz CT molecular complexity index is 1220. The average molecular weight is 503 g/mol. The van der Waals surface area contributed by atoms with Crippen molar-refractivity contribution in [2.45, 2.75) is 76.1 Å². The van der Waals surface area contributed by atoms with Crippen molar-refractivity contribution in [3.05, 3.63) is 82.9 Å². The number of amides is 1. The molecule has 0 aromatic heterocycles. The van der Waals surface area contributed by atoms with Gasteiger partial charge in [0.2, 0.25) is 0 Å². The summed E-state index contributed by atoms with van der Waals surface area (Å²) in [6.07, 6.45) is 3.71. The molecular formula is C31H38N2O4. The first-order valence-electron chi connectivity index (χ1n) is 13.5. The lowest BCUT2D eigenvalue weighted by Crippen LogP contribution is -2.54. The van der Waals surface area contributed by atoms with Gasteiger partial charge in [-0.25, -0.2) is 0 Å². The lowest BCUT2D eigenvalue weighted by molar-refractivity contribution is -0.238. The summed E-state index contributed by atoms with van der Waals surface area (Å²) in [5.41, 5.74) is 4.37. The number of aryl methyl sites for hydroxylation is 1. The van der Waals surface area contributed by atoms with Crippen molar-refractivity contribution in [2.75, 3.05) is 13.6 Å². The molecule has 0 saturated carbocycles. The second-order valence-corrected chi connectivity index (χ2v) is 10.5. The minimum atomic E-state index is -0.512. The lowest BCUT2D eigenvalue weighted by Gasteiger charge is -2.39. The first-order valence-corrected chi connectivity index (χ1v) is 13.5. The Balaban J connectivity index is 1.40. The number of ether oxygens (including phenoxy) is 2. The number of carbonyl (C=O) groups is 1. The molecule has 5 bridgehead atoms. The Morgan fingerprint density at radius 3 is 2.62 bits per heavy atom. The van der Waals surface area contributed by atoms with E-state index in [0.29, 0.717) is 18.5 Å². The molecule has 3 N–H and O–H groups in total. The molecule has 1 saturated heterocycles. The number of aliphatic hydroxyl groups is 1. The number of hydrogen-bond acceptors (Lipinski definition) is 5. The number of aliphatic hydroxyl groups excluding tert-OH is 1. The summed E-state index contributed by atoms with van der Waals surface area (Å²) < 4.78 is 12.7. The van der Waals surface area contributed by atoms with Crippen molar-refractivity contribution in [2.24, 2.45) is 0 Å². The number of rotatable bonds is 3. The Morgan fingerprint density at radius 2 is 1.81 bits per heavy atom. The zero-order valence-corrected chi connectivity index (χ0v) is 21.8. The molecule has 2 heterocycles. The molecule has 196 valence electrons. The van der Waals surface area contributed by atoms with Crippen LogP contribution in [0.25, 0.3) is 10.8 Å². The smallest absolute Gasteiger partial charge is 0.251 e. The van der Waals surface area contributed by atoms with Crippen LogP contribution in [-0.4, -0.2) is 55.2 Å². The highest BCUT2D eigenvalue weighted by Gasteiger charge is 2.36. The van der Waals surface area contributed by atoms with Gasteiger partial charge in [0.15, 0.2) is 6.29 Å². The molecule has 3 aromatic rings. The van der Waals surface area contributed by atoms with Crippen molar-refractivity contribution in [1.29, 1.82) is 0 Å². The number of hydrogen-bond donors (Lipinski definition) is 3. The van der Waals surface area contributed by atoms with Crippen LogP contribution in [0, 0.1) is 0 Å². The van der Waals surface area contributed by atoms with Gasteiger partial charge in [-0.3, -0.25) is 4.79 Å². The molecule has 6 heteroatoms. The molecule has 1 fully saturated rings. The van der Waals surface area contributed by atoms with Crippen molar-refractivity contribution in [3.8, 4) is 0 Å². The Morgan fingerprint density at radius 1 is 1.00 bits per heavy atom. The minimum Gasteiger partial charge on any atom is -0.391 e. The highest BCUT2D eigenvalue weighted by molar-refractivity contribution is 5.98. The van der Waals surface area contributed by atoms with E-state index in [9.17, 15) is 9.90 Å². The number of likely N-dealkylation sites (N-methyl/N-ethyl adjacent to an activating group) is 1. The number of fused-ring (bicyclic) bond motifs is 4. The van der Waals surface area contributed by atoms with E-state index in [4.69, 9.17) is 9.47 Å². The van der Waals surface area contributed by atoms with Crippen LogP contribution < -0.4 is 10.6 Å². The maximum atomic E-state index is 12.8. The van der Waals surface area contributed by atoms with Crippen molar-refractivity contribution in [1.82, 2.24) is 10.6 Å². The van der Waals surface area contributed by atoms with E-state index in [2.05, 4.69) is 53.1 Å². The van der Waals surface area contributed by atoms with Gasteiger partial charge in [0.05, 0.1) is 24.4 Å². The summed E-state index contributed by atoms with van der Waals surface area (Å²) in [4.78, 5) is 12.8. The number of carbonyl (C=O) groups excluding carboxylic acids is 1. The molecule has 2 aliphatic rings. The maximum absolute atomic E-state index is 12.8. The predicted octanol–water partition coefficient (Wildman–Crippen LogP) is 4.16. The third-order valence-corrected chi connectivity index (χ3v) is 7.71. The molecule has 5 rings (SSSR count). The number of benzene rings is 3. The second kappa shape index (κ2) is 11.7. The molecule has 0 aliphatic carbocycles. The van der Waals surface area contributed by atoms with E-state index >= 15 is 0 Å². The fourth-order valence-electron chi connectivity index (χ4n) is 5.71. The zero-order chi connectivity index (χ0) is 25.8. The van der Waals surface area contributed by atoms with Crippen LogP contribution in [0.2, 0.25) is 0 Å². The zero-order valence-electron chi connectivity index (χ0n) is 21.8. The quantitative estimate of drug-likeness (QED) is 0.501. The van der Waals surface area contributed by atoms with Gasteiger partial charge in [-0.2, -0.15) is 0 Å². The molecular weight excluding hydrogens is 464 g/mol. The fourth-order valence-corrected chi connectivity index (χ4v) is 5.71. The van der Waals surface area contributed by atoms with Crippen LogP contribution in [0.15, 0.2) is 60.7 Å². The summed E-state index contributed by atoms with van der Waals surface area (Å²) in [6.45, 7) is 2.59. The summed E-state index contributed by atoms with van der Waals surface area (Å²) in [7, 11) is 1.85. The van der Waals surface area contributed by atoms with E-state index in [1.807, 2.05) is 32.2 Å². The van der Waals surface area contributed by atoms with Crippen molar-refractivity contribution < 1.29 is 19.4 Å². The van der Waals surface area contributed by atoms with Gasteiger partial charge in [0, 0.05) is 18.5 Å². The molecule has 3 aromatic carbocycles. The molecule has 37 heavy (non-hydrogen) atoms. The Kier molecular flexibility index (Phi) is 8.20. The number of nitrogens with one attached hydrogen (secondary N) is 2. The highest BCUT2D eigenvalue weighted by Crippen LogP contribution is 2.26. The molecule has 0 radical (unpaired) electrons. The Hall–Kier alpha value is -2.77. The summed E-state index contributed by atoms with van der Waals surface area (Å²) in [6, 6.07) is 20.8. The topological polar surface area (TPSA) is 79.8 Å². The van der Waals surface area contributed by atoms with Crippen molar-refractivity contribution in [3.63, 3.8) is 0 Å². The van der Waals surface area contributed by atoms with Gasteiger partial charge < -0.3 is 25.2 Å². The molecule has 1 unspecified atom stereocenters. The summed E-state index contributed by atoms with van der Waals surface area (Å²) in [5.74, 6) is -0.0454. The third kappa shape index (κ3) is 6.39. The van der Waals surface area contributed by atoms with Crippen molar-refractivity contribution >= 4 is 16.7 Å². The van der Waals surface area contributed by atoms with Gasteiger partial charge in [-0.1, -0.05) is 48.5 Å². The normalized spacial score (nSPS) is 27.2. The molecule has 6 nitrogen and oxygen atoms in total. The third-order valence-electron chi connectivity index (χ3n) is 7.71. The predicted molar refractivity (Wildman–Crippen MR) is 146 cm³/mol. The summed E-state index contributed by atoms with van der Waals surface area (Å²) in [5, 5.41) is 19.0. The van der Waals surface area contributed by atoms with E-state index in [0.717, 1.165) is 42.9 Å². The van der Waals surface area contributed by atoms with Crippen LogP contribution in [0.3, 0.4) is 0 Å². The van der Waals surface area contributed by atoms with Crippen LogP contribution in [0.1, 0.15) is 53.2 Å². The van der Waals surface area contributed by atoms with Crippen LogP contribution >= 0.6 is 0 Å². The van der Waals surface area contributed by atoms with Gasteiger partial charge in [0.1, 0.15) is 0 Å². The first-order chi connectivity index (χ1) is 18.0. The maximum Gasteiger partial charge on any atom is 0.251 e. The highest BCUT2D eigenvalue weighted by atomic mass is 16.7. The summed E-state index contributed by atoms with van der Waals surface area (Å²) >= 11 is 0. The average Bonchev–Trinajstić information content (AvgIpc) is 2.88. The second-order valence-electron chi connectivity index (χ2n) is 10.5. The molecule has 1 amide bonds. The lowest BCUT2D eigenvalue weighted by atomic mass is 9.97. The van der Waals surface area contributed by atoms with Crippen LogP contribution in [0.5, 0.6) is 0 Å². The van der Waals surface area contributed by atoms with E-state index in [1.165, 1.54) is 16.7 Å². The van der Waals surface area contributed by atoms with Gasteiger partial charge in [-0.05, 0) is 85.7 Å². The molecule has 5 atom stereocenters.